The topological polar surface area (TPSA) is 32.8 Å². The second-order valence-corrected chi connectivity index (χ2v) is 8.00. The zero-order valence-electron chi connectivity index (χ0n) is 18.1. The lowest BCUT2D eigenvalue weighted by Gasteiger charge is -2.25. The maximum Gasteiger partial charge on any atom is 0.223 e. The van der Waals surface area contributed by atoms with Crippen LogP contribution in [0.3, 0.4) is 0 Å². The summed E-state index contributed by atoms with van der Waals surface area (Å²) in [5.74, 6) is 1.17. The summed E-state index contributed by atoms with van der Waals surface area (Å²) in [6.07, 6.45) is 1.47. The highest BCUT2D eigenvalue weighted by atomic mass is 16.5. The highest BCUT2D eigenvalue weighted by molar-refractivity contribution is 5.78. The molecule has 0 bridgehead atoms. The van der Waals surface area contributed by atoms with Gasteiger partial charge >= 0.3 is 0 Å². The van der Waals surface area contributed by atoms with Gasteiger partial charge in [-0.15, -0.1) is 0 Å². The number of ether oxygens (including phenoxy) is 1. The molecule has 4 nitrogen and oxygen atoms in total. The first-order valence-electron chi connectivity index (χ1n) is 11.0. The van der Waals surface area contributed by atoms with Crippen LogP contribution in [0.2, 0.25) is 0 Å². The minimum Gasteiger partial charge on any atom is -0.497 e. The van der Waals surface area contributed by atoms with Gasteiger partial charge in [0.25, 0.3) is 0 Å². The normalized spacial score (nSPS) is 14.4. The van der Waals surface area contributed by atoms with Gasteiger partial charge in [-0.05, 0) is 41.8 Å². The monoisotopic (exact) mass is 414 g/mol. The smallest absolute Gasteiger partial charge is 0.223 e. The van der Waals surface area contributed by atoms with Crippen LogP contribution in [-0.4, -0.2) is 44.1 Å². The van der Waals surface area contributed by atoms with E-state index < -0.39 is 0 Å². The van der Waals surface area contributed by atoms with Gasteiger partial charge < -0.3 is 14.5 Å². The average Bonchev–Trinajstić information content (AvgIpc) is 3.10. The van der Waals surface area contributed by atoms with Crippen molar-refractivity contribution in [1.29, 1.82) is 0 Å². The van der Waals surface area contributed by atoms with E-state index in [-0.39, 0.29) is 11.8 Å². The Bertz CT molecular complexity index is 918. The van der Waals surface area contributed by atoms with Crippen LogP contribution in [0, 0.1) is 0 Å². The lowest BCUT2D eigenvalue weighted by atomic mass is 9.88. The van der Waals surface area contributed by atoms with E-state index in [1.807, 2.05) is 29.2 Å². The fraction of sp³-hybridized carbons (Fsp3) is 0.296. The summed E-state index contributed by atoms with van der Waals surface area (Å²) in [5, 5.41) is 0. The number of hydrogen-bond acceptors (Lipinski definition) is 3. The van der Waals surface area contributed by atoms with Crippen molar-refractivity contribution in [1.82, 2.24) is 4.90 Å². The van der Waals surface area contributed by atoms with Crippen LogP contribution in [-0.2, 0) is 4.79 Å². The molecule has 3 aromatic carbocycles. The Kier molecular flexibility index (Phi) is 6.88. The summed E-state index contributed by atoms with van der Waals surface area (Å²) in [7, 11) is 1.68. The molecular weight excluding hydrogens is 384 g/mol. The van der Waals surface area contributed by atoms with Gasteiger partial charge in [0.05, 0.1) is 7.11 Å². The highest BCUT2D eigenvalue weighted by Crippen LogP contribution is 2.29. The van der Waals surface area contributed by atoms with Gasteiger partial charge in [0.1, 0.15) is 5.75 Å². The summed E-state index contributed by atoms with van der Waals surface area (Å²) in [6.45, 7) is 3.36. The highest BCUT2D eigenvalue weighted by Gasteiger charge is 2.24. The Labute approximate surface area is 185 Å². The Morgan fingerprint density at radius 2 is 1.42 bits per heavy atom. The van der Waals surface area contributed by atoms with Crippen molar-refractivity contribution in [2.24, 2.45) is 0 Å². The minimum absolute atomic E-state index is 0.0795. The molecule has 1 heterocycles. The van der Waals surface area contributed by atoms with E-state index in [1.165, 1.54) is 16.8 Å². The molecule has 4 rings (SSSR count). The average molecular weight is 415 g/mol. The summed E-state index contributed by atoms with van der Waals surface area (Å²) in [4.78, 5) is 17.7. The van der Waals surface area contributed by atoms with E-state index in [4.69, 9.17) is 4.74 Å². The van der Waals surface area contributed by atoms with Gasteiger partial charge in [0, 0.05) is 44.2 Å². The van der Waals surface area contributed by atoms with Crippen molar-refractivity contribution in [2.75, 3.05) is 38.2 Å². The van der Waals surface area contributed by atoms with Crippen LogP contribution in [0.15, 0.2) is 84.9 Å². The summed E-state index contributed by atoms with van der Waals surface area (Å²) in [6, 6.07) is 28.9. The van der Waals surface area contributed by atoms with Crippen LogP contribution in [0.5, 0.6) is 5.75 Å². The lowest BCUT2D eigenvalue weighted by molar-refractivity contribution is -0.131. The quantitative estimate of drug-likeness (QED) is 0.572. The number of rotatable bonds is 6. The number of hydrogen-bond donors (Lipinski definition) is 0. The van der Waals surface area contributed by atoms with Crippen LogP contribution < -0.4 is 9.64 Å². The predicted octanol–water partition coefficient (Wildman–Crippen LogP) is 4.96. The zero-order valence-corrected chi connectivity index (χ0v) is 18.1. The first-order valence-corrected chi connectivity index (χ1v) is 11.0. The van der Waals surface area contributed by atoms with Crippen LogP contribution in [0.4, 0.5) is 5.69 Å². The molecule has 4 heteroatoms. The number of carbonyl (C=O) groups is 1. The molecule has 1 saturated heterocycles. The molecule has 3 aromatic rings. The SMILES string of the molecule is COc1ccc(N2CCCN(C(=O)CC(c3ccccc3)c3ccccc3)CC2)cc1. The standard InChI is InChI=1S/C27H30N2O2/c1-31-25-15-13-24(14-16-25)28-17-8-18-29(20-19-28)27(30)21-26(22-9-4-2-5-10-22)23-11-6-3-7-12-23/h2-7,9-16,26H,8,17-21H2,1H3. The fourth-order valence-corrected chi connectivity index (χ4v) is 4.32. The van der Waals surface area contributed by atoms with E-state index in [9.17, 15) is 4.79 Å². The first kappa shape index (κ1) is 21.0. The third kappa shape index (κ3) is 5.26. The van der Waals surface area contributed by atoms with Crippen molar-refractivity contribution in [3.63, 3.8) is 0 Å². The molecule has 1 aliphatic rings. The maximum absolute atomic E-state index is 13.3. The minimum atomic E-state index is 0.0795. The summed E-state index contributed by atoms with van der Waals surface area (Å²) in [5.41, 5.74) is 3.56. The third-order valence-corrected chi connectivity index (χ3v) is 6.07. The Balaban J connectivity index is 1.44. The van der Waals surface area contributed by atoms with Crippen LogP contribution >= 0.6 is 0 Å². The van der Waals surface area contributed by atoms with Gasteiger partial charge in [0.2, 0.25) is 5.91 Å². The van der Waals surface area contributed by atoms with Crippen LogP contribution in [0.1, 0.15) is 29.9 Å². The number of carbonyl (C=O) groups excluding carboxylic acids is 1. The molecule has 0 saturated carbocycles. The number of benzene rings is 3. The number of anilines is 1. The second kappa shape index (κ2) is 10.2. The van der Waals surface area contributed by atoms with Gasteiger partial charge in [-0.1, -0.05) is 60.7 Å². The molecule has 0 aliphatic carbocycles. The van der Waals surface area contributed by atoms with Gasteiger partial charge in [-0.25, -0.2) is 0 Å². The van der Waals surface area contributed by atoms with E-state index in [1.54, 1.807) is 7.11 Å². The summed E-state index contributed by atoms with van der Waals surface area (Å²) < 4.78 is 5.27. The third-order valence-electron chi connectivity index (χ3n) is 6.07. The maximum atomic E-state index is 13.3. The molecule has 0 radical (unpaired) electrons. The molecule has 31 heavy (non-hydrogen) atoms. The van der Waals surface area contributed by atoms with E-state index >= 15 is 0 Å². The largest absolute Gasteiger partial charge is 0.497 e. The Morgan fingerprint density at radius 1 is 0.806 bits per heavy atom. The molecule has 0 N–H and O–H groups in total. The first-order chi connectivity index (χ1) is 15.2. The second-order valence-electron chi connectivity index (χ2n) is 8.00. The Morgan fingerprint density at radius 3 is 2.00 bits per heavy atom. The molecule has 0 atom stereocenters. The predicted molar refractivity (Wildman–Crippen MR) is 126 cm³/mol. The zero-order chi connectivity index (χ0) is 21.5. The molecule has 1 aliphatic heterocycles. The molecule has 0 aromatic heterocycles. The van der Waals surface area contributed by atoms with Crippen molar-refractivity contribution < 1.29 is 9.53 Å². The lowest BCUT2D eigenvalue weighted by Crippen LogP contribution is -2.36. The van der Waals surface area contributed by atoms with Crippen molar-refractivity contribution in [3.8, 4) is 5.75 Å². The molecular formula is C27H30N2O2. The van der Waals surface area contributed by atoms with Crippen molar-refractivity contribution in [2.45, 2.75) is 18.8 Å². The van der Waals surface area contributed by atoms with Crippen molar-refractivity contribution in [3.05, 3.63) is 96.1 Å². The number of amides is 1. The van der Waals surface area contributed by atoms with E-state index in [0.29, 0.717) is 6.42 Å². The van der Waals surface area contributed by atoms with Gasteiger partial charge in [0.15, 0.2) is 0 Å². The molecule has 0 unspecified atom stereocenters. The molecule has 1 fully saturated rings. The van der Waals surface area contributed by atoms with E-state index in [2.05, 4.69) is 65.6 Å². The Hall–Kier alpha value is -3.27. The molecule has 1 amide bonds. The van der Waals surface area contributed by atoms with Crippen molar-refractivity contribution >= 4 is 11.6 Å². The van der Waals surface area contributed by atoms with Gasteiger partial charge in [-0.2, -0.15) is 0 Å². The fourth-order valence-electron chi connectivity index (χ4n) is 4.32. The van der Waals surface area contributed by atoms with Crippen LogP contribution in [0.25, 0.3) is 0 Å². The number of nitrogens with zero attached hydrogens (tertiary/aromatic N) is 2. The summed E-state index contributed by atoms with van der Waals surface area (Å²) >= 11 is 0. The number of methoxy groups -OCH3 is 1. The molecule has 160 valence electrons. The van der Waals surface area contributed by atoms with E-state index in [0.717, 1.165) is 38.3 Å². The van der Waals surface area contributed by atoms with Gasteiger partial charge in [-0.3, -0.25) is 4.79 Å². The molecule has 0 spiro atoms.